The van der Waals surface area contributed by atoms with Gasteiger partial charge in [0.1, 0.15) is 5.82 Å². The molecule has 1 aromatic carbocycles. The van der Waals surface area contributed by atoms with E-state index in [4.69, 9.17) is 16.9 Å². The average Bonchev–Trinajstić information content (AvgIpc) is 2.47. The first-order valence-electron chi connectivity index (χ1n) is 5.56. The van der Waals surface area contributed by atoms with Crippen LogP contribution in [0.2, 0.25) is 5.02 Å². The number of nitriles is 1. The Morgan fingerprint density at radius 2 is 2.05 bits per heavy atom. The highest BCUT2D eigenvalue weighted by Gasteiger charge is 2.22. The summed E-state index contributed by atoms with van der Waals surface area (Å²) < 4.78 is 25.9. The molecule has 0 aliphatic heterocycles. The predicted octanol–water partition coefficient (Wildman–Crippen LogP) is 2.43. The van der Waals surface area contributed by atoms with Crippen molar-refractivity contribution in [2.75, 3.05) is 11.4 Å². The number of anilines is 1. The van der Waals surface area contributed by atoms with Crippen molar-refractivity contribution in [3.8, 4) is 6.07 Å². The summed E-state index contributed by atoms with van der Waals surface area (Å²) in [6, 6.07) is 10.8. The Bertz CT molecular complexity index is 767. The minimum atomic E-state index is -3.76. The minimum Gasteiger partial charge on any atom is -0.253 e. The van der Waals surface area contributed by atoms with Crippen molar-refractivity contribution in [3.05, 3.63) is 53.2 Å². The van der Waals surface area contributed by atoms with Crippen LogP contribution in [0.15, 0.2) is 47.5 Å². The minimum absolute atomic E-state index is 0.0378. The predicted molar refractivity (Wildman–Crippen MR) is 76.0 cm³/mol. The standard InChI is InChI=1S/C13H10ClN3O2S/c1-17(13-6-5-11(14)9-16-13)20(18,19)12-4-2-3-10(7-12)8-15/h2-7,9H,1H3. The maximum atomic E-state index is 12.4. The maximum Gasteiger partial charge on any atom is 0.265 e. The normalized spacial score (nSPS) is 10.8. The Kier molecular flexibility index (Phi) is 3.93. The molecular formula is C13H10ClN3O2S. The molecule has 2 aromatic rings. The van der Waals surface area contributed by atoms with E-state index >= 15 is 0 Å². The fourth-order valence-corrected chi connectivity index (χ4v) is 2.87. The third-order valence-electron chi connectivity index (χ3n) is 2.66. The van der Waals surface area contributed by atoms with Gasteiger partial charge in [-0.05, 0) is 30.3 Å². The van der Waals surface area contributed by atoms with Crippen LogP contribution in [-0.2, 0) is 10.0 Å². The van der Waals surface area contributed by atoms with Crippen LogP contribution >= 0.6 is 11.6 Å². The molecule has 1 aromatic heterocycles. The lowest BCUT2D eigenvalue weighted by atomic mass is 10.2. The Hall–Kier alpha value is -2.10. The van der Waals surface area contributed by atoms with Crippen LogP contribution in [0.25, 0.3) is 0 Å². The number of nitrogens with zero attached hydrogens (tertiary/aromatic N) is 3. The van der Waals surface area contributed by atoms with E-state index in [1.807, 2.05) is 6.07 Å². The van der Waals surface area contributed by atoms with Crippen LogP contribution in [0, 0.1) is 11.3 Å². The zero-order chi connectivity index (χ0) is 14.8. The lowest BCUT2D eigenvalue weighted by Crippen LogP contribution is -2.27. The smallest absolute Gasteiger partial charge is 0.253 e. The van der Waals surface area contributed by atoms with Crippen LogP contribution in [0.5, 0.6) is 0 Å². The van der Waals surface area contributed by atoms with Crippen molar-refractivity contribution in [1.29, 1.82) is 5.26 Å². The summed E-state index contributed by atoms with van der Waals surface area (Å²) >= 11 is 5.72. The molecule has 0 N–H and O–H groups in total. The second-order valence-corrected chi connectivity index (χ2v) is 6.35. The molecule has 1 heterocycles. The Labute approximate surface area is 122 Å². The summed E-state index contributed by atoms with van der Waals surface area (Å²) in [4.78, 5) is 4.00. The van der Waals surface area contributed by atoms with E-state index in [-0.39, 0.29) is 16.3 Å². The molecule has 0 amide bonds. The monoisotopic (exact) mass is 307 g/mol. The van der Waals surface area contributed by atoms with Crippen LogP contribution in [-0.4, -0.2) is 20.4 Å². The van der Waals surface area contributed by atoms with Gasteiger partial charge in [-0.25, -0.2) is 13.4 Å². The molecule has 0 saturated carbocycles. The molecule has 0 atom stereocenters. The number of benzene rings is 1. The van der Waals surface area contributed by atoms with Crippen molar-refractivity contribution in [3.63, 3.8) is 0 Å². The van der Waals surface area contributed by atoms with Gasteiger partial charge < -0.3 is 0 Å². The number of halogens is 1. The summed E-state index contributed by atoms with van der Waals surface area (Å²) in [5.74, 6) is 0.247. The highest BCUT2D eigenvalue weighted by Crippen LogP contribution is 2.21. The van der Waals surface area contributed by atoms with E-state index in [1.54, 1.807) is 12.1 Å². The molecule has 0 aliphatic carbocycles. The topological polar surface area (TPSA) is 74.1 Å². The fourth-order valence-electron chi connectivity index (χ4n) is 1.56. The lowest BCUT2D eigenvalue weighted by Gasteiger charge is -2.18. The largest absolute Gasteiger partial charge is 0.265 e. The van der Waals surface area contributed by atoms with Gasteiger partial charge in [-0.2, -0.15) is 5.26 Å². The summed E-state index contributed by atoms with van der Waals surface area (Å²) in [6.45, 7) is 0. The molecule has 7 heteroatoms. The van der Waals surface area contributed by atoms with Crippen molar-refractivity contribution < 1.29 is 8.42 Å². The van der Waals surface area contributed by atoms with E-state index in [0.29, 0.717) is 5.02 Å². The Morgan fingerprint density at radius 3 is 2.65 bits per heavy atom. The zero-order valence-corrected chi connectivity index (χ0v) is 12.1. The SMILES string of the molecule is CN(c1ccc(Cl)cn1)S(=O)(=O)c1cccc(C#N)c1. The second-order valence-electron chi connectivity index (χ2n) is 3.95. The van der Waals surface area contributed by atoms with Gasteiger partial charge in [0.25, 0.3) is 10.0 Å². The zero-order valence-electron chi connectivity index (χ0n) is 10.5. The number of sulfonamides is 1. The number of rotatable bonds is 3. The molecule has 20 heavy (non-hydrogen) atoms. The molecule has 0 fully saturated rings. The van der Waals surface area contributed by atoms with Gasteiger partial charge in [0.05, 0.1) is 21.6 Å². The molecule has 0 radical (unpaired) electrons. The number of hydrogen-bond donors (Lipinski definition) is 0. The summed E-state index contributed by atoms with van der Waals surface area (Å²) in [5.41, 5.74) is 0.281. The third kappa shape index (κ3) is 2.74. The fraction of sp³-hybridized carbons (Fsp3) is 0.0769. The highest BCUT2D eigenvalue weighted by atomic mass is 35.5. The van der Waals surface area contributed by atoms with E-state index in [0.717, 1.165) is 4.31 Å². The number of pyridine rings is 1. The quantitative estimate of drug-likeness (QED) is 0.873. The van der Waals surface area contributed by atoms with Crippen LogP contribution in [0.1, 0.15) is 5.56 Å². The molecule has 2 rings (SSSR count). The number of aromatic nitrogens is 1. The first kappa shape index (κ1) is 14.3. The van der Waals surface area contributed by atoms with Crippen LogP contribution in [0.4, 0.5) is 5.82 Å². The van der Waals surface area contributed by atoms with E-state index in [2.05, 4.69) is 4.98 Å². The molecule has 5 nitrogen and oxygen atoms in total. The third-order valence-corrected chi connectivity index (χ3v) is 4.64. The first-order chi connectivity index (χ1) is 9.45. The second kappa shape index (κ2) is 5.49. The Balaban J connectivity index is 2.44. The first-order valence-corrected chi connectivity index (χ1v) is 7.37. The van der Waals surface area contributed by atoms with Crippen LogP contribution < -0.4 is 4.31 Å². The van der Waals surface area contributed by atoms with Crippen molar-refractivity contribution in [1.82, 2.24) is 4.98 Å². The molecular weight excluding hydrogens is 298 g/mol. The van der Waals surface area contributed by atoms with Gasteiger partial charge >= 0.3 is 0 Å². The van der Waals surface area contributed by atoms with Gasteiger partial charge in [0.2, 0.25) is 0 Å². The van der Waals surface area contributed by atoms with Crippen LogP contribution in [0.3, 0.4) is 0 Å². The number of hydrogen-bond acceptors (Lipinski definition) is 4. The van der Waals surface area contributed by atoms with E-state index in [9.17, 15) is 8.42 Å². The maximum absolute atomic E-state index is 12.4. The molecule has 0 saturated heterocycles. The van der Waals surface area contributed by atoms with Crippen molar-refractivity contribution in [2.45, 2.75) is 4.90 Å². The van der Waals surface area contributed by atoms with E-state index < -0.39 is 10.0 Å². The summed E-state index contributed by atoms with van der Waals surface area (Å²) in [5, 5.41) is 9.25. The summed E-state index contributed by atoms with van der Waals surface area (Å²) in [7, 11) is -2.37. The average molecular weight is 308 g/mol. The molecule has 0 spiro atoms. The lowest BCUT2D eigenvalue weighted by molar-refractivity contribution is 0.594. The molecule has 0 unspecified atom stereocenters. The van der Waals surface area contributed by atoms with Gasteiger partial charge in [-0.3, -0.25) is 4.31 Å². The van der Waals surface area contributed by atoms with Crippen molar-refractivity contribution >= 4 is 27.4 Å². The van der Waals surface area contributed by atoms with Gasteiger partial charge in [-0.1, -0.05) is 17.7 Å². The van der Waals surface area contributed by atoms with E-state index in [1.165, 1.54) is 37.5 Å². The molecule has 102 valence electrons. The van der Waals surface area contributed by atoms with Gasteiger partial charge in [-0.15, -0.1) is 0 Å². The Morgan fingerprint density at radius 1 is 1.30 bits per heavy atom. The molecule has 0 bridgehead atoms. The van der Waals surface area contributed by atoms with Crippen molar-refractivity contribution in [2.24, 2.45) is 0 Å². The highest BCUT2D eigenvalue weighted by molar-refractivity contribution is 7.92. The van der Waals surface area contributed by atoms with Gasteiger partial charge in [0.15, 0.2) is 0 Å². The summed E-state index contributed by atoms with van der Waals surface area (Å²) in [6.07, 6.45) is 1.37. The van der Waals surface area contributed by atoms with Gasteiger partial charge in [0, 0.05) is 13.2 Å². The molecule has 0 aliphatic rings.